The zero-order chi connectivity index (χ0) is 11.7. The lowest BCUT2D eigenvalue weighted by Gasteiger charge is -2.02. The first-order chi connectivity index (χ1) is 8.34. The fourth-order valence-corrected chi connectivity index (χ4v) is 1.93. The van der Waals surface area contributed by atoms with Crippen LogP contribution < -0.4 is 5.69 Å². The minimum atomic E-state index is -0.0805. The summed E-state index contributed by atoms with van der Waals surface area (Å²) in [4.78, 5) is 18.6. The van der Waals surface area contributed by atoms with Gasteiger partial charge in [0.1, 0.15) is 0 Å². The van der Waals surface area contributed by atoms with Crippen LogP contribution in [0.4, 0.5) is 0 Å². The van der Waals surface area contributed by atoms with E-state index in [1.165, 1.54) is 0 Å². The Morgan fingerprint density at radius 3 is 2.71 bits per heavy atom. The molecule has 0 aliphatic rings. The number of pyridine rings is 1. The van der Waals surface area contributed by atoms with Crippen LogP contribution in [0.25, 0.3) is 11.0 Å². The Bertz CT molecular complexity index is 697. The average Bonchev–Trinajstić information content (AvgIpc) is 2.68. The summed E-state index contributed by atoms with van der Waals surface area (Å²) in [7, 11) is 0. The van der Waals surface area contributed by atoms with E-state index in [0.717, 1.165) is 16.6 Å². The molecular weight excluding hydrogens is 214 g/mol. The van der Waals surface area contributed by atoms with Crippen molar-refractivity contribution in [3.05, 3.63) is 64.8 Å². The number of rotatable bonds is 2. The molecule has 0 bridgehead atoms. The van der Waals surface area contributed by atoms with Gasteiger partial charge in [-0.05, 0) is 29.8 Å². The molecule has 2 aromatic heterocycles. The number of H-pyrrole nitrogens is 1. The molecule has 0 saturated heterocycles. The number of nitrogens with zero attached hydrogens (tertiary/aromatic N) is 2. The van der Waals surface area contributed by atoms with Crippen molar-refractivity contribution in [2.24, 2.45) is 0 Å². The summed E-state index contributed by atoms with van der Waals surface area (Å²) >= 11 is 0. The third kappa shape index (κ3) is 1.73. The van der Waals surface area contributed by atoms with Crippen LogP contribution in [-0.2, 0) is 6.54 Å². The number of fused-ring (bicyclic) bond motifs is 1. The molecule has 4 heteroatoms. The van der Waals surface area contributed by atoms with Gasteiger partial charge >= 0.3 is 5.69 Å². The van der Waals surface area contributed by atoms with Crippen molar-refractivity contribution in [2.75, 3.05) is 0 Å². The number of nitrogens with one attached hydrogen (secondary N) is 1. The first-order valence-electron chi connectivity index (χ1n) is 5.41. The fourth-order valence-electron chi connectivity index (χ4n) is 1.93. The predicted octanol–water partition coefficient (Wildman–Crippen LogP) is 1.77. The third-order valence-electron chi connectivity index (χ3n) is 2.77. The summed E-state index contributed by atoms with van der Waals surface area (Å²) in [6, 6.07) is 11.5. The van der Waals surface area contributed by atoms with Gasteiger partial charge in [-0.3, -0.25) is 9.55 Å². The van der Waals surface area contributed by atoms with Crippen LogP contribution in [-0.4, -0.2) is 14.5 Å². The van der Waals surface area contributed by atoms with E-state index in [4.69, 9.17) is 0 Å². The summed E-state index contributed by atoms with van der Waals surface area (Å²) in [5.41, 5.74) is 2.77. The molecule has 0 fully saturated rings. The highest BCUT2D eigenvalue weighted by Crippen LogP contribution is 2.10. The van der Waals surface area contributed by atoms with E-state index < -0.39 is 0 Å². The summed E-state index contributed by atoms with van der Waals surface area (Å²) in [6.07, 6.45) is 3.46. The molecule has 17 heavy (non-hydrogen) atoms. The van der Waals surface area contributed by atoms with Crippen molar-refractivity contribution in [3.8, 4) is 0 Å². The van der Waals surface area contributed by atoms with Crippen molar-refractivity contribution in [1.29, 1.82) is 0 Å². The van der Waals surface area contributed by atoms with Crippen molar-refractivity contribution in [3.63, 3.8) is 0 Å². The molecule has 84 valence electrons. The van der Waals surface area contributed by atoms with Gasteiger partial charge < -0.3 is 4.98 Å². The first kappa shape index (κ1) is 9.84. The number of hydrogen-bond donors (Lipinski definition) is 1. The average molecular weight is 225 g/mol. The maximum atomic E-state index is 11.8. The van der Waals surface area contributed by atoms with Crippen molar-refractivity contribution >= 4 is 11.0 Å². The molecule has 0 aliphatic heterocycles. The van der Waals surface area contributed by atoms with Crippen LogP contribution in [0.5, 0.6) is 0 Å². The quantitative estimate of drug-likeness (QED) is 0.722. The number of para-hydroxylation sites is 2. The second kappa shape index (κ2) is 3.90. The molecule has 1 aromatic carbocycles. The molecule has 3 aromatic rings. The third-order valence-corrected chi connectivity index (χ3v) is 2.77. The maximum absolute atomic E-state index is 11.8. The smallest absolute Gasteiger partial charge is 0.306 e. The summed E-state index contributed by atoms with van der Waals surface area (Å²) in [6.45, 7) is 0.561. The van der Waals surface area contributed by atoms with Gasteiger partial charge in [0.25, 0.3) is 0 Å². The number of aromatic amines is 1. The second-order valence-corrected chi connectivity index (χ2v) is 3.89. The molecule has 0 saturated carbocycles. The monoisotopic (exact) mass is 225 g/mol. The first-order valence-corrected chi connectivity index (χ1v) is 5.41. The summed E-state index contributed by atoms with van der Waals surface area (Å²) < 4.78 is 1.73. The minimum absolute atomic E-state index is 0.0805. The van der Waals surface area contributed by atoms with E-state index in [0.29, 0.717) is 6.54 Å². The van der Waals surface area contributed by atoms with E-state index >= 15 is 0 Å². The van der Waals surface area contributed by atoms with Gasteiger partial charge in [-0.25, -0.2) is 4.79 Å². The normalized spacial score (nSPS) is 10.8. The van der Waals surface area contributed by atoms with E-state index in [2.05, 4.69) is 9.97 Å². The zero-order valence-corrected chi connectivity index (χ0v) is 9.13. The Kier molecular flexibility index (Phi) is 2.26. The Morgan fingerprint density at radius 2 is 1.88 bits per heavy atom. The molecular formula is C13H11N3O. The summed E-state index contributed by atoms with van der Waals surface area (Å²) in [5.74, 6) is 0. The molecule has 0 unspecified atom stereocenters. The number of benzene rings is 1. The largest absolute Gasteiger partial charge is 0.326 e. The Labute approximate surface area is 97.6 Å². The van der Waals surface area contributed by atoms with Crippen LogP contribution in [0.2, 0.25) is 0 Å². The van der Waals surface area contributed by atoms with E-state index in [9.17, 15) is 4.79 Å². The molecule has 0 radical (unpaired) electrons. The Morgan fingerprint density at radius 1 is 1.12 bits per heavy atom. The van der Waals surface area contributed by atoms with Crippen LogP contribution in [0.15, 0.2) is 53.6 Å². The summed E-state index contributed by atoms with van der Waals surface area (Å²) in [5, 5.41) is 0. The standard InChI is InChI=1S/C13H11N3O/c17-13-15-11-3-1-2-4-12(11)16(13)9-10-5-7-14-8-6-10/h1-8H,9H2,(H,15,17). The maximum Gasteiger partial charge on any atom is 0.326 e. The molecule has 2 heterocycles. The van der Waals surface area contributed by atoms with Crippen molar-refractivity contribution in [2.45, 2.75) is 6.54 Å². The lowest BCUT2D eigenvalue weighted by molar-refractivity contribution is 0.785. The molecule has 4 nitrogen and oxygen atoms in total. The molecule has 0 spiro atoms. The van der Waals surface area contributed by atoms with E-state index in [1.54, 1.807) is 17.0 Å². The molecule has 0 aliphatic carbocycles. The topological polar surface area (TPSA) is 50.7 Å². The van der Waals surface area contributed by atoms with E-state index in [1.807, 2.05) is 36.4 Å². The predicted molar refractivity (Wildman–Crippen MR) is 65.9 cm³/mol. The van der Waals surface area contributed by atoms with Gasteiger partial charge in [-0.2, -0.15) is 0 Å². The van der Waals surface area contributed by atoms with Gasteiger partial charge in [-0.1, -0.05) is 12.1 Å². The highest BCUT2D eigenvalue weighted by atomic mass is 16.1. The van der Waals surface area contributed by atoms with Gasteiger partial charge in [-0.15, -0.1) is 0 Å². The van der Waals surface area contributed by atoms with Gasteiger partial charge in [0.15, 0.2) is 0 Å². The van der Waals surface area contributed by atoms with Crippen molar-refractivity contribution < 1.29 is 0 Å². The lowest BCUT2D eigenvalue weighted by atomic mass is 10.2. The highest BCUT2D eigenvalue weighted by Gasteiger charge is 2.05. The minimum Gasteiger partial charge on any atom is -0.306 e. The lowest BCUT2D eigenvalue weighted by Crippen LogP contribution is -2.17. The van der Waals surface area contributed by atoms with Gasteiger partial charge in [0.2, 0.25) is 0 Å². The molecule has 1 N–H and O–H groups in total. The van der Waals surface area contributed by atoms with Crippen LogP contribution >= 0.6 is 0 Å². The van der Waals surface area contributed by atoms with Gasteiger partial charge in [0.05, 0.1) is 17.6 Å². The Balaban J connectivity index is 2.12. The van der Waals surface area contributed by atoms with Crippen LogP contribution in [0.1, 0.15) is 5.56 Å². The molecule has 0 amide bonds. The number of hydrogen-bond acceptors (Lipinski definition) is 2. The fraction of sp³-hybridized carbons (Fsp3) is 0.0769. The second-order valence-electron chi connectivity index (χ2n) is 3.89. The highest BCUT2D eigenvalue weighted by molar-refractivity contribution is 5.74. The zero-order valence-electron chi connectivity index (χ0n) is 9.13. The SMILES string of the molecule is O=c1[nH]c2ccccc2n1Cc1ccncc1. The number of aromatic nitrogens is 3. The van der Waals surface area contributed by atoms with Crippen LogP contribution in [0.3, 0.4) is 0 Å². The van der Waals surface area contributed by atoms with Gasteiger partial charge in [0, 0.05) is 12.4 Å². The molecule has 0 atom stereocenters. The molecule has 3 rings (SSSR count). The Hall–Kier alpha value is -2.36. The van der Waals surface area contributed by atoms with Crippen LogP contribution in [0, 0.1) is 0 Å². The van der Waals surface area contributed by atoms with E-state index in [-0.39, 0.29) is 5.69 Å². The number of imidazole rings is 1. The van der Waals surface area contributed by atoms with Crippen molar-refractivity contribution in [1.82, 2.24) is 14.5 Å².